The Morgan fingerprint density at radius 1 is 0.786 bits per heavy atom. The van der Waals surface area contributed by atoms with Crippen LogP contribution in [0, 0.1) is 0 Å². The minimum atomic E-state index is -0.853. The molecule has 1 unspecified atom stereocenters. The van der Waals surface area contributed by atoms with E-state index in [1.54, 1.807) is 13.0 Å². The predicted molar refractivity (Wildman–Crippen MR) is 122 cm³/mol. The van der Waals surface area contributed by atoms with Crippen molar-refractivity contribution >= 4 is 5.91 Å². The second kappa shape index (κ2) is 18.0. The molecule has 0 aromatic heterocycles. The molecule has 0 aliphatic carbocycles. The molecule has 2 N–H and O–H groups in total. The van der Waals surface area contributed by atoms with Gasteiger partial charge in [0.05, 0.1) is 5.60 Å². The Morgan fingerprint density at radius 3 is 1.75 bits per heavy atom. The van der Waals surface area contributed by atoms with E-state index >= 15 is 0 Å². The van der Waals surface area contributed by atoms with E-state index in [1.807, 2.05) is 49.5 Å². The van der Waals surface area contributed by atoms with E-state index in [-0.39, 0.29) is 12.5 Å². The zero-order chi connectivity index (χ0) is 20.9. The van der Waals surface area contributed by atoms with Crippen molar-refractivity contribution in [1.82, 2.24) is 5.32 Å². The lowest BCUT2D eigenvalue weighted by atomic mass is 10.0. The van der Waals surface area contributed by atoms with Gasteiger partial charge in [-0.3, -0.25) is 4.79 Å². The van der Waals surface area contributed by atoms with Crippen molar-refractivity contribution in [3.05, 3.63) is 85.1 Å². The van der Waals surface area contributed by atoms with Crippen LogP contribution < -0.4 is 5.32 Å². The summed E-state index contributed by atoms with van der Waals surface area (Å²) < 4.78 is 0. The van der Waals surface area contributed by atoms with Gasteiger partial charge in [0.1, 0.15) is 0 Å². The first-order valence-corrected chi connectivity index (χ1v) is 10.2. The SMILES string of the molecule is CCCC=CC=CC=CC=CCCC=CC=CC=CC(=O)NCC(C)(O)CC. The van der Waals surface area contributed by atoms with Crippen molar-refractivity contribution in [2.45, 2.75) is 58.5 Å². The van der Waals surface area contributed by atoms with E-state index in [1.165, 1.54) is 12.5 Å². The van der Waals surface area contributed by atoms with Gasteiger partial charge < -0.3 is 10.4 Å². The maximum atomic E-state index is 11.6. The number of aliphatic hydroxyl groups is 1. The van der Waals surface area contributed by atoms with E-state index in [4.69, 9.17) is 0 Å². The van der Waals surface area contributed by atoms with Gasteiger partial charge in [-0.1, -0.05) is 99.3 Å². The van der Waals surface area contributed by atoms with Crippen LogP contribution in [0.4, 0.5) is 0 Å². The lowest BCUT2D eigenvalue weighted by Gasteiger charge is -2.20. The van der Waals surface area contributed by atoms with Crippen molar-refractivity contribution in [1.29, 1.82) is 0 Å². The Labute approximate surface area is 171 Å². The van der Waals surface area contributed by atoms with Crippen LogP contribution in [0.5, 0.6) is 0 Å². The topological polar surface area (TPSA) is 49.3 Å². The maximum absolute atomic E-state index is 11.6. The van der Waals surface area contributed by atoms with E-state index < -0.39 is 5.60 Å². The molecule has 0 spiro atoms. The average molecular weight is 384 g/mol. The molecule has 0 aromatic carbocycles. The van der Waals surface area contributed by atoms with Gasteiger partial charge in [-0.05, 0) is 32.6 Å². The molecule has 0 heterocycles. The van der Waals surface area contributed by atoms with Gasteiger partial charge in [0.15, 0.2) is 0 Å². The summed E-state index contributed by atoms with van der Waals surface area (Å²) in [6.45, 7) is 6.02. The van der Waals surface area contributed by atoms with E-state index in [2.05, 4.69) is 42.6 Å². The van der Waals surface area contributed by atoms with E-state index in [0.717, 1.165) is 19.3 Å². The number of hydrogen-bond donors (Lipinski definition) is 2. The summed E-state index contributed by atoms with van der Waals surface area (Å²) >= 11 is 0. The molecular weight excluding hydrogens is 346 g/mol. The fraction of sp³-hybridized carbons (Fsp3) is 0.400. The monoisotopic (exact) mass is 383 g/mol. The van der Waals surface area contributed by atoms with Crippen molar-refractivity contribution in [2.75, 3.05) is 6.54 Å². The summed E-state index contributed by atoms with van der Waals surface area (Å²) in [5, 5.41) is 12.5. The highest BCUT2D eigenvalue weighted by molar-refractivity contribution is 5.87. The van der Waals surface area contributed by atoms with E-state index in [9.17, 15) is 9.90 Å². The van der Waals surface area contributed by atoms with Crippen molar-refractivity contribution in [3.63, 3.8) is 0 Å². The Kier molecular flexibility index (Phi) is 16.5. The van der Waals surface area contributed by atoms with Crippen LogP contribution in [0.1, 0.15) is 52.9 Å². The summed E-state index contributed by atoms with van der Waals surface area (Å²) in [6.07, 6.45) is 32.4. The van der Waals surface area contributed by atoms with Gasteiger partial charge in [-0.25, -0.2) is 0 Å². The number of carbonyl (C=O) groups excluding carboxylic acids is 1. The van der Waals surface area contributed by atoms with Gasteiger partial charge in [-0.2, -0.15) is 0 Å². The number of unbranched alkanes of at least 4 members (excludes halogenated alkanes) is 2. The van der Waals surface area contributed by atoms with Crippen molar-refractivity contribution < 1.29 is 9.90 Å². The van der Waals surface area contributed by atoms with Gasteiger partial charge in [0.25, 0.3) is 0 Å². The molecule has 0 saturated heterocycles. The minimum absolute atomic E-state index is 0.202. The number of nitrogens with one attached hydrogen (secondary N) is 1. The molecule has 0 fully saturated rings. The predicted octanol–water partition coefficient (Wildman–Crippen LogP) is 5.74. The van der Waals surface area contributed by atoms with Crippen LogP contribution in [0.3, 0.4) is 0 Å². The summed E-state index contributed by atoms with van der Waals surface area (Å²) in [5.74, 6) is -0.202. The van der Waals surface area contributed by atoms with Crippen LogP contribution in [-0.2, 0) is 4.79 Å². The van der Waals surface area contributed by atoms with Crippen molar-refractivity contribution in [2.24, 2.45) is 0 Å². The zero-order valence-corrected chi connectivity index (χ0v) is 17.7. The van der Waals surface area contributed by atoms with E-state index in [0.29, 0.717) is 6.42 Å². The summed E-state index contributed by atoms with van der Waals surface area (Å²) in [6, 6.07) is 0. The number of hydrogen-bond acceptors (Lipinski definition) is 2. The highest BCUT2D eigenvalue weighted by Gasteiger charge is 2.17. The Balaban J connectivity index is 3.84. The van der Waals surface area contributed by atoms with Crippen LogP contribution in [0.2, 0.25) is 0 Å². The largest absolute Gasteiger partial charge is 0.388 e. The number of allylic oxidation sites excluding steroid dienone is 13. The molecule has 1 amide bonds. The standard InChI is InChI=1S/C25H37NO2/c1-4-6-7-8-9-10-11-12-13-14-15-16-17-18-19-20-21-22-24(27)26-23-25(3,28)5-2/h7-14,17-22,28H,4-6,15-16,23H2,1-3H3,(H,26,27). The van der Waals surface area contributed by atoms with Crippen LogP contribution in [0.15, 0.2) is 85.1 Å². The molecule has 0 aliphatic heterocycles. The molecule has 0 aromatic rings. The first kappa shape index (κ1) is 25.6. The molecule has 0 aliphatic rings. The third-order valence-electron chi connectivity index (χ3n) is 3.91. The fourth-order valence-corrected chi connectivity index (χ4v) is 1.87. The molecule has 0 rings (SSSR count). The summed E-state index contributed by atoms with van der Waals surface area (Å²) in [5.41, 5.74) is -0.853. The highest BCUT2D eigenvalue weighted by atomic mass is 16.3. The molecule has 154 valence electrons. The second-order valence-corrected chi connectivity index (χ2v) is 6.73. The molecular formula is C25H37NO2. The van der Waals surface area contributed by atoms with Gasteiger partial charge >= 0.3 is 0 Å². The summed E-state index contributed by atoms with van der Waals surface area (Å²) in [4.78, 5) is 11.6. The number of amides is 1. The molecule has 1 atom stereocenters. The average Bonchev–Trinajstić information content (AvgIpc) is 2.69. The molecule has 0 bridgehead atoms. The third-order valence-corrected chi connectivity index (χ3v) is 3.91. The number of carbonyl (C=O) groups is 1. The first-order valence-electron chi connectivity index (χ1n) is 10.2. The normalized spacial score (nSPS) is 15.4. The molecule has 28 heavy (non-hydrogen) atoms. The molecule has 3 nitrogen and oxygen atoms in total. The number of rotatable bonds is 14. The maximum Gasteiger partial charge on any atom is 0.244 e. The van der Waals surface area contributed by atoms with Gasteiger partial charge in [-0.15, -0.1) is 0 Å². The van der Waals surface area contributed by atoms with Crippen LogP contribution in [0.25, 0.3) is 0 Å². The Bertz CT molecular complexity index is 602. The fourth-order valence-electron chi connectivity index (χ4n) is 1.87. The van der Waals surface area contributed by atoms with Crippen LogP contribution >= 0.6 is 0 Å². The summed E-state index contributed by atoms with van der Waals surface area (Å²) in [7, 11) is 0. The quantitative estimate of drug-likeness (QED) is 0.228. The third kappa shape index (κ3) is 18.4. The van der Waals surface area contributed by atoms with Gasteiger partial charge in [0, 0.05) is 12.6 Å². The molecule has 0 radical (unpaired) electrons. The first-order chi connectivity index (χ1) is 13.5. The smallest absolute Gasteiger partial charge is 0.244 e. The second-order valence-electron chi connectivity index (χ2n) is 6.73. The minimum Gasteiger partial charge on any atom is -0.388 e. The highest BCUT2D eigenvalue weighted by Crippen LogP contribution is 2.05. The van der Waals surface area contributed by atoms with Crippen molar-refractivity contribution in [3.8, 4) is 0 Å². The lowest BCUT2D eigenvalue weighted by molar-refractivity contribution is -0.117. The Morgan fingerprint density at radius 2 is 1.25 bits per heavy atom. The lowest BCUT2D eigenvalue weighted by Crippen LogP contribution is -2.39. The molecule has 3 heteroatoms. The van der Waals surface area contributed by atoms with Gasteiger partial charge in [0.2, 0.25) is 5.91 Å². The zero-order valence-electron chi connectivity index (χ0n) is 17.7. The Hall–Kier alpha value is -2.39. The van der Waals surface area contributed by atoms with Crippen LogP contribution in [-0.4, -0.2) is 23.2 Å². The molecule has 0 saturated carbocycles.